The molecule has 0 aliphatic carbocycles. The second-order valence-electron chi connectivity index (χ2n) is 4.40. The molecule has 2 nitrogen and oxygen atoms in total. The van der Waals surface area contributed by atoms with Crippen molar-refractivity contribution in [2.24, 2.45) is 0 Å². The van der Waals surface area contributed by atoms with Gasteiger partial charge >= 0.3 is 0 Å². The lowest BCUT2D eigenvalue weighted by Gasteiger charge is -2.31. The molecule has 0 N–H and O–H groups in total. The molecule has 2 heteroatoms. The Labute approximate surface area is 119 Å². The first-order valence-corrected chi connectivity index (χ1v) is 7.63. The van der Waals surface area contributed by atoms with Gasteiger partial charge in [-0.05, 0) is 19.4 Å². The molecule has 0 amide bonds. The van der Waals surface area contributed by atoms with Crippen LogP contribution in [-0.4, -0.2) is 30.7 Å². The molecule has 1 unspecified atom stereocenters. The zero-order valence-electron chi connectivity index (χ0n) is 13.6. The van der Waals surface area contributed by atoms with Gasteiger partial charge in [0.1, 0.15) is 0 Å². The van der Waals surface area contributed by atoms with E-state index in [1.807, 2.05) is 27.7 Å². The fourth-order valence-electron chi connectivity index (χ4n) is 1.99. The lowest BCUT2D eigenvalue weighted by molar-refractivity contribution is -0.0212. The van der Waals surface area contributed by atoms with Gasteiger partial charge in [0.2, 0.25) is 0 Å². The average Bonchev–Trinajstić information content (AvgIpc) is 2.46. The van der Waals surface area contributed by atoms with Gasteiger partial charge in [-0.1, -0.05) is 57.5 Å². The van der Waals surface area contributed by atoms with E-state index in [4.69, 9.17) is 4.74 Å². The minimum Gasteiger partial charge on any atom is -0.376 e. The van der Waals surface area contributed by atoms with Gasteiger partial charge in [0.15, 0.2) is 0 Å². The van der Waals surface area contributed by atoms with Crippen LogP contribution in [-0.2, 0) is 11.3 Å². The molecule has 1 aromatic rings. The van der Waals surface area contributed by atoms with Gasteiger partial charge in [-0.15, -0.1) is 0 Å². The zero-order valence-corrected chi connectivity index (χ0v) is 13.6. The summed E-state index contributed by atoms with van der Waals surface area (Å²) in [6.07, 6.45) is 0.379. The highest BCUT2D eigenvalue weighted by molar-refractivity contribution is 5.21. The SMILES string of the molecule is CC.CC.Cc1ccc(CN2CCOC(C)C2)cc1. The Morgan fingerprint density at radius 2 is 1.68 bits per heavy atom. The van der Waals surface area contributed by atoms with Crippen LogP contribution in [0.4, 0.5) is 0 Å². The number of ether oxygens (including phenoxy) is 1. The lowest BCUT2D eigenvalue weighted by Crippen LogP contribution is -2.40. The normalized spacial score (nSPS) is 18.7. The van der Waals surface area contributed by atoms with E-state index in [9.17, 15) is 0 Å². The minimum absolute atomic E-state index is 0.379. The summed E-state index contributed by atoms with van der Waals surface area (Å²) in [6.45, 7) is 16.3. The van der Waals surface area contributed by atoms with Crippen molar-refractivity contribution in [2.75, 3.05) is 19.7 Å². The van der Waals surface area contributed by atoms with Gasteiger partial charge in [-0.25, -0.2) is 0 Å². The first-order valence-electron chi connectivity index (χ1n) is 7.63. The third-order valence-corrected chi connectivity index (χ3v) is 2.85. The monoisotopic (exact) mass is 265 g/mol. The molecular weight excluding hydrogens is 234 g/mol. The number of hydrogen-bond donors (Lipinski definition) is 0. The Morgan fingerprint density at radius 3 is 2.21 bits per heavy atom. The van der Waals surface area contributed by atoms with E-state index < -0.39 is 0 Å². The predicted molar refractivity (Wildman–Crippen MR) is 84.6 cm³/mol. The van der Waals surface area contributed by atoms with Crippen molar-refractivity contribution >= 4 is 0 Å². The maximum atomic E-state index is 5.52. The summed E-state index contributed by atoms with van der Waals surface area (Å²) in [4.78, 5) is 2.46. The minimum atomic E-state index is 0.379. The summed E-state index contributed by atoms with van der Waals surface area (Å²) in [5.41, 5.74) is 2.73. The second kappa shape index (κ2) is 11.0. The Hall–Kier alpha value is -0.860. The highest BCUT2D eigenvalue weighted by atomic mass is 16.5. The van der Waals surface area contributed by atoms with E-state index in [-0.39, 0.29) is 0 Å². The smallest absolute Gasteiger partial charge is 0.0674 e. The van der Waals surface area contributed by atoms with Gasteiger partial charge < -0.3 is 4.74 Å². The molecule has 1 saturated heterocycles. The van der Waals surface area contributed by atoms with Crippen LogP contribution < -0.4 is 0 Å². The number of rotatable bonds is 2. The molecule has 0 saturated carbocycles. The van der Waals surface area contributed by atoms with Crippen LogP contribution in [0.1, 0.15) is 45.7 Å². The molecular formula is C17H31NO. The fraction of sp³-hybridized carbons (Fsp3) is 0.647. The largest absolute Gasteiger partial charge is 0.376 e. The topological polar surface area (TPSA) is 12.5 Å². The van der Waals surface area contributed by atoms with Crippen molar-refractivity contribution in [3.05, 3.63) is 35.4 Å². The van der Waals surface area contributed by atoms with Gasteiger partial charge in [-0.3, -0.25) is 4.90 Å². The van der Waals surface area contributed by atoms with Crippen LogP contribution in [0.5, 0.6) is 0 Å². The van der Waals surface area contributed by atoms with Crippen LogP contribution in [0, 0.1) is 6.92 Å². The quantitative estimate of drug-likeness (QED) is 0.792. The summed E-state index contributed by atoms with van der Waals surface area (Å²) in [5, 5.41) is 0. The summed E-state index contributed by atoms with van der Waals surface area (Å²) >= 11 is 0. The van der Waals surface area contributed by atoms with E-state index in [0.717, 1.165) is 26.2 Å². The Kier molecular flexibility index (Phi) is 10.5. The first kappa shape index (κ1) is 18.1. The number of hydrogen-bond acceptors (Lipinski definition) is 2. The number of aryl methyl sites for hydroxylation is 1. The van der Waals surface area contributed by atoms with Crippen LogP contribution in [0.15, 0.2) is 24.3 Å². The molecule has 1 fully saturated rings. The van der Waals surface area contributed by atoms with Gasteiger partial charge in [0, 0.05) is 19.6 Å². The van der Waals surface area contributed by atoms with Crippen molar-refractivity contribution in [3.63, 3.8) is 0 Å². The maximum absolute atomic E-state index is 5.52. The van der Waals surface area contributed by atoms with E-state index >= 15 is 0 Å². The summed E-state index contributed by atoms with van der Waals surface area (Å²) in [7, 11) is 0. The molecule has 0 aromatic heterocycles. The van der Waals surface area contributed by atoms with Crippen molar-refractivity contribution < 1.29 is 4.74 Å². The van der Waals surface area contributed by atoms with Crippen molar-refractivity contribution in [3.8, 4) is 0 Å². The average molecular weight is 265 g/mol. The summed E-state index contributed by atoms with van der Waals surface area (Å²) < 4.78 is 5.52. The van der Waals surface area contributed by atoms with Crippen LogP contribution >= 0.6 is 0 Å². The molecule has 110 valence electrons. The molecule has 19 heavy (non-hydrogen) atoms. The molecule has 1 aliphatic rings. The first-order chi connectivity index (χ1) is 9.24. The van der Waals surface area contributed by atoms with Gasteiger partial charge in [0.05, 0.1) is 12.7 Å². The third-order valence-electron chi connectivity index (χ3n) is 2.85. The standard InChI is InChI=1S/C13H19NO.2C2H6/c1-11-3-5-13(6-4-11)10-14-7-8-15-12(2)9-14;2*1-2/h3-6,12H,7-10H2,1-2H3;2*1-2H3. The highest BCUT2D eigenvalue weighted by Crippen LogP contribution is 2.10. The van der Waals surface area contributed by atoms with Crippen LogP contribution in [0.25, 0.3) is 0 Å². The van der Waals surface area contributed by atoms with Crippen molar-refractivity contribution in [1.82, 2.24) is 4.90 Å². The molecule has 1 aromatic carbocycles. The predicted octanol–water partition coefficient (Wildman–Crippen LogP) is 4.27. The number of benzene rings is 1. The maximum Gasteiger partial charge on any atom is 0.0674 e. The van der Waals surface area contributed by atoms with E-state index in [0.29, 0.717) is 6.10 Å². The molecule has 0 bridgehead atoms. The fourth-order valence-corrected chi connectivity index (χ4v) is 1.99. The van der Waals surface area contributed by atoms with Crippen LogP contribution in [0.2, 0.25) is 0 Å². The molecule has 1 atom stereocenters. The van der Waals surface area contributed by atoms with Gasteiger partial charge in [-0.2, -0.15) is 0 Å². The molecule has 1 aliphatic heterocycles. The third kappa shape index (κ3) is 7.34. The number of morpholine rings is 1. The molecule has 1 heterocycles. The van der Waals surface area contributed by atoms with E-state index in [2.05, 4.69) is 43.0 Å². The van der Waals surface area contributed by atoms with Gasteiger partial charge in [0.25, 0.3) is 0 Å². The Balaban J connectivity index is 0.000000741. The molecule has 2 rings (SSSR count). The zero-order chi connectivity index (χ0) is 14.7. The van der Waals surface area contributed by atoms with Crippen molar-refractivity contribution in [2.45, 2.75) is 54.2 Å². The highest BCUT2D eigenvalue weighted by Gasteiger charge is 2.16. The lowest BCUT2D eigenvalue weighted by atomic mass is 10.1. The van der Waals surface area contributed by atoms with E-state index in [1.54, 1.807) is 0 Å². The van der Waals surface area contributed by atoms with Crippen molar-refractivity contribution in [1.29, 1.82) is 0 Å². The Morgan fingerprint density at radius 1 is 1.11 bits per heavy atom. The summed E-state index contributed by atoms with van der Waals surface area (Å²) in [6, 6.07) is 8.79. The second-order valence-corrected chi connectivity index (χ2v) is 4.40. The molecule has 0 spiro atoms. The van der Waals surface area contributed by atoms with E-state index in [1.165, 1.54) is 11.1 Å². The Bertz CT molecular complexity index is 308. The number of nitrogens with zero attached hydrogens (tertiary/aromatic N) is 1. The summed E-state index contributed by atoms with van der Waals surface area (Å²) in [5.74, 6) is 0. The molecule has 0 radical (unpaired) electrons. The van der Waals surface area contributed by atoms with Crippen LogP contribution in [0.3, 0.4) is 0 Å².